The maximum absolute atomic E-state index is 13.9. The van der Waals surface area contributed by atoms with Gasteiger partial charge >= 0.3 is 113 Å². The highest BCUT2D eigenvalue weighted by Crippen LogP contribution is 2.71. The van der Waals surface area contributed by atoms with Crippen LogP contribution in [0.1, 0.15) is 0 Å². The lowest BCUT2D eigenvalue weighted by molar-refractivity contribution is -0.499. The fourth-order valence-corrected chi connectivity index (χ4v) is 3.43. The Morgan fingerprint density at radius 1 is 0.148 bits per heavy atom. The summed E-state index contributed by atoms with van der Waals surface area (Å²) in [5.41, 5.74) is 0. The van der Waals surface area contributed by atoms with Crippen molar-refractivity contribution in [2.24, 2.45) is 0 Å². The predicted molar refractivity (Wildman–Crippen MR) is 99.2 cm³/mol. The number of nitrogens with zero attached hydrogens (tertiary/aromatic N) is 1. The van der Waals surface area contributed by atoms with E-state index in [1.165, 1.54) is 0 Å². The largest absolute Gasteiger partial charge is 0.460 e. The van der Waals surface area contributed by atoms with Crippen LogP contribution in [-0.4, -0.2) is 118 Å². The maximum Gasteiger partial charge on any atom is 0.460 e. The molecule has 0 saturated heterocycles. The SMILES string of the molecule is FN(F)C(F)(F)C(F)(F)C(F)(F)C(F)(F)C(F)(F)C(F)(F)C(F)(F)C(F)(F)C(F)(F)C(F)(F)C(F)(F)C(F)(F)C(F)(F)C(F)(F)C(F)(F)C(F)(F)C(F)(F)C(F)(F)C(F)(F)F. The van der Waals surface area contributed by atoms with E-state index in [2.05, 4.69) is 0 Å². The minimum absolute atomic E-state index is 4.75. The molecule has 0 rings (SSSR count). The minimum Gasteiger partial charge on any atom is -0.192 e. The first-order valence-electron chi connectivity index (χ1n) is 12.4. The van der Waals surface area contributed by atoms with Crippen LogP contribution in [0.15, 0.2) is 0 Å². The maximum atomic E-state index is 13.9. The zero-order chi connectivity index (χ0) is 51.1. The van der Waals surface area contributed by atoms with Crippen molar-refractivity contribution in [3.8, 4) is 0 Å². The van der Waals surface area contributed by atoms with Crippen LogP contribution < -0.4 is 0 Å². The normalized spacial score (nSPS) is 17.4. The van der Waals surface area contributed by atoms with Crippen LogP contribution in [0.25, 0.3) is 0 Å². The average Bonchev–Trinajstić information content (AvgIpc) is 3.02. The van der Waals surface area contributed by atoms with Crippen LogP contribution in [0.5, 0.6) is 0 Å². The summed E-state index contributed by atoms with van der Waals surface area (Å²) in [6.45, 7) is 0. The molecule has 0 heterocycles. The van der Waals surface area contributed by atoms with Gasteiger partial charge in [-0.1, -0.05) is 8.96 Å². The van der Waals surface area contributed by atoms with Gasteiger partial charge in [-0.25, -0.2) is 0 Å². The summed E-state index contributed by atoms with van der Waals surface area (Å²) in [4.78, 5) is 0. The second kappa shape index (κ2) is 13.8. The van der Waals surface area contributed by atoms with Crippen molar-refractivity contribution < 1.29 is 180 Å². The topological polar surface area (TPSA) is 3.24 Å². The quantitative estimate of drug-likeness (QED) is 0.0751. The van der Waals surface area contributed by atoms with Crippen molar-refractivity contribution in [3.05, 3.63) is 0 Å². The van der Waals surface area contributed by atoms with E-state index >= 15 is 0 Å². The highest BCUT2D eigenvalue weighted by Gasteiger charge is 3.03. The van der Waals surface area contributed by atoms with Crippen LogP contribution in [0, 0.1) is 0 Å². The predicted octanol–water partition coefficient (Wildman–Crippen LogP) is 13.0. The van der Waals surface area contributed by atoms with Crippen molar-refractivity contribution in [2.45, 2.75) is 113 Å². The molecule has 0 aliphatic heterocycles. The van der Waals surface area contributed by atoms with Crippen LogP contribution in [-0.2, 0) is 0 Å². The number of halogens is 41. The van der Waals surface area contributed by atoms with Gasteiger partial charge in [-0.05, 0) is 0 Å². The van der Waals surface area contributed by atoms with E-state index in [0.29, 0.717) is 0 Å². The number of rotatable bonds is 18. The molecule has 0 N–H and O–H groups in total. The van der Waals surface area contributed by atoms with Gasteiger partial charge in [0.05, 0.1) is 5.34 Å². The highest BCUT2D eigenvalue weighted by atomic mass is 19.4. The molecule has 1 nitrogen and oxygen atoms in total. The van der Waals surface area contributed by atoms with Gasteiger partial charge < -0.3 is 0 Å². The van der Waals surface area contributed by atoms with Gasteiger partial charge in [-0.3, -0.25) is 0 Å². The molecule has 0 aromatic heterocycles. The molecule has 0 atom stereocenters. The van der Waals surface area contributed by atoms with Gasteiger partial charge in [0.15, 0.2) is 0 Å². The van der Waals surface area contributed by atoms with Crippen molar-refractivity contribution in [3.63, 3.8) is 0 Å². The Hall–Kier alpha value is -2.91. The molecule has 0 radical (unpaired) electrons. The lowest BCUT2D eigenvalue weighted by Gasteiger charge is -2.47. The van der Waals surface area contributed by atoms with Gasteiger partial charge in [0.25, 0.3) is 0 Å². The fraction of sp³-hybridized carbons (Fsp3) is 1.00. The molecule has 61 heavy (non-hydrogen) atoms. The molecule has 42 heteroatoms. The molecule has 0 spiro atoms. The third-order valence-corrected chi connectivity index (χ3v) is 7.26. The van der Waals surface area contributed by atoms with Crippen LogP contribution in [0.4, 0.5) is 180 Å². The van der Waals surface area contributed by atoms with Crippen LogP contribution in [0.3, 0.4) is 0 Å². The molecule has 0 unspecified atom stereocenters. The molecule has 0 bridgehead atoms. The third-order valence-electron chi connectivity index (χ3n) is 7.26. The van der Waals surface area contributed by atoms with Crippen LogP contribution in [0.2, 0.25) is 0 Å². The summed E-state index contributed by atoms with van der Waals surface area (Å²) in [6.07, 6.45) is -8.52. The Kier molecular flexibility index (Phi) is 13.1. The summed E-state index contributed by atoms with van der Waals surface area (Å²) in [5.74, 6) is -172. The van der Waals surface area contributed by atoms with Crippen molar-refractivity contribution in [1.82, 2.24) is 5.34 Å². The van der Waals surface area contributed by atoms with E-state index in [9.17, 15) is 180 Å². The zero-order valence-electron chi connectivity index (χ0n) is 25.4. The van der Waals surface area contributed by atoms with E-state index in [-0.39, 0.29) is 0 Å². The second-order valence-electron chi connectivity index (χ2n) is 11.0. The Morgan fingerprint density at radius 2 is 0.246 bits per heavy atom. The molecule has 368 valence electrons. The van der Waals surface area contributed by atoms with E-state index in [4.69, 9.17) is 0 Å². The zero-order valence-corrected chi connectivity index (χ0v) is 25.4. The molecular weight excluding hydrogens is 1020 g/mol. The van der Waals surface area contributed by atoms with Gasteiger partial charge in [0.2, 0.25) is 0 Å². The first kappa shape index (κ1) is 58.1. The third kappa shape index (κ3) is 6.36. The number of hydrogen-bond acceptors (Lipinski definition) is 1. The summed E-state index contributed by atoms with van der Waals surface area (Å²) in [5, 5.41) is -4.75. The van der Waals surface area contributed by atoms with Crippen LogP contribution >= 0.6 is 0 Å². The molecular formula is C19F41N. The fourth-order valence-electron chi connectivity index (χ4n) is 3.43. The smallest absolute Gasteiger partial charge is 0.192 e. The first-order chi connectivity index (χ1) is 25.4. The van der Waals surface area contributed by atoms with Gasteiger partial charge in [0, 0.05) is 0 Å². The molecule has 0 amide bonds. The molecule has 0 fully saturated rings. The first-order valence-corrected chi connectivity index (χ1v) is 12.4. The Bertz CT molecular complexity index is 1590. The van der Waals surface area contributed by atoms with E-state index < -0.39 is 118 Å². The number of alkyl halides is 39. The second-order valence-corrected chi connectivity index (χ2v) is 11.0. The number of hydrogen-bond donors (Lipinski definition) is 0. The van der Waals surface area contributed by atoms with Crippen molar-refractivity contribution in [2.75, 3.05) is 0 Å². The molecule has 0 aromatic rings. The van der Waals surface area contributed by atoms with Crippen molar-refractivity contribution >= 4 is 0 Å². The summed E-state index contributed by atoms with van der Waals surface area (Å²) in [7, 11) is 0. The lowest BCUT2D eigenvalue weighted by Crippen LogP contribution is -2.80. The Morgan fingerprint density at radius 3 is 0.344 bits per heavy atom. The summed E-state index contributed by atoms with van der Waals surface area (Å²) in [6, 6.07) is -8.50. The molecule has 0 aromatic carbocycles. The Balaban J connectivity index is 7.95. The molecule has 0 aliphatic carbocycles. The monoisotopic (exact) mass is 1020 g/mol. The van der Waals surface area contributed by atoms with Crippen molar-refractivity contribution in [1.29, 1.82) is 0 Å². The summed E-state index contributed by atoms with van der Waals surface area (Å²) < 4.78 is 548. The van der Waals surface area contributed by atoms with E-state index in [0.717, 1.165) is 0 Å². The average molecular weight is 1020 g/mol. The summed E-state index contributed by atoms with van der Waals surface area (Å²) >= 11 is 0. The molecule has 0 aliphatic rings. The van der Waals surface area contributed by atoms with E-state index in [1.807, 2.05) is 0 Å². The van der Waals surface area contributed by atoms with Gasteiger partial charge in [-0.15, -0.1) is 0 Å². The molecule has 0 saturated carbocycles. The minimum atomic E-state index is -10.6. The Labute approximate surface area is 300 Å². The van der Waals surface area contributed by atoms with E-state index in [1.54, 1.807) is 0 Å². The standard InChI is InChI=1S/C19F41N/c20-1(21,2(22,23)4(26,27)6(30,31)8(34,35)10(38,39)12(42,43)14(46,47)16(50,51)18(54,55)56)3(24,25)5(28,29)7(32,33)9(36,37)11(40,41)13(44,45)15(48,49)17(52,53)19(57,58)61(59)60. The lowest BCUT2D eigenvalue weighted by atomic mass is 9.82. The van der Waals surface area contributed by atoms with Gasteiger partial charge in [-0.2, -0.15) is 171 Å². The highest BCUT2D eigenvalue weighted by molar-refractivity contribution is 5.23. The van der Waals surface area contributed by atoms with Gasteiger partial charge in [0.1, 0.15) is 0 Å².